The molecule has 8 nitrogen and oxygen atoms in total. The molecule has 5 aromatic rings. The minimum Gasteiger partial charge on any atom is -0.471 e. The second kappa shape index (κ2) is 10.2. The lowest BCUT2D eigenvalue weighted by atomic mass is 10.0. The number of nitrogens with one attached hydrogen (secondary N) is 1. The van der Waals surface area contributed by atoms with E-state index in [9.17, 15) is 27.2 Å². The van der Waals surface area contributed by atoms with Crippen LogP contribution in [0.2, 0.25) is 0 Å². The molecule has 5 rings (SSSR count). The van der Waals surface area contributed by atoms with Crippen LogP contribution in [0, 0.1) is 5.82 Å². The van der Waals surface area contributed by atoms with Crippen molar-refractivity contribution in [2.75, 3.05) is 5.32 Å². The maximum atomic E-state index is 13.6. The molecular weight excluding hydrogens is 538 g/mol. The van der Waals surface area contributed by atoms with Crippen molar-refractivity contribution in [3.8, 4) is 16.9 Å². The molecule has 0 saturated heterocycles. The fourth-order valence-corrected chi connectivity index (χ4v) is 4.79. The second-order valence-electron chi connectivity index (χ2n) is 8.19. The highest BCUT2D eigenvalue weighted by atomic mass is 32.1. The van der Waals surface area contributed by atoms with E-state index in [1.807, 2.05) is 6.07 Å². The number of pyridine rings is 1. The Hall–Kier alpha value is -4.78. The lowest BCUT2D eigenvalue weighted by Crippen LogP contribution is -2.18. The molecule has 198 valence electrons. The molecule has 3 aromatic heterocycles. The number of nitrogens with two attached hydrogens (primary N) is 1. The van der Waals surface area contributed by atoms with E-state index in [0.29, 0.717) is 17.1 Å². The molecule has 0 aliphatic carbocycles. The third-order valence-electron chi connectivity index (χ3n) is 5.55. The van der Waals surface area contributed by atoms with Gasteiger partial charge in [0.25, 0.3) is 11.8 Å². The average Bonchev–Trinajstić information content (AvgIpc) is 3.53. The van der Waals surface area contributed by atoms with Crippen molar-refractivity contribution < 1.29 is 31.9 Å². The highest BCUT2D eigenvalue weighted by Gasteiger charge is 2.35. The van der Waals surface area contributed by atoms with Crippen LogP contribution in [0.25, 0.3) is 21.3 Å². The van der Waals surface area contributed by atoms with E-state index in [1.165, 1.54) is 29.1 Å². The van der Waals surface area contributed by atoms with E-state index in [1.54, 1.807) is 24.3 Å². The number of ether oxygens (including phenoxy) is 1. The molecule has 0 aliphatic rings. The second-order valence-corrected chi connectivity index (χ2v) is 9.19. The first-order chi connectivity index (χ1) is 18.6. The van der Waals surface area contributed by atoms with Crippen LogP contribution >= 0.6 is 11.3 Å². The normalized spacial score (nSPS) is 11.5. The van der Waals surface area contributed by atoms with Crippen molar-refractivity contribution in [2.24, 2.45) is 5.73 Å². The minimum atomic E-state index is -4.81. The Bertz CT molecular complexity index is 1680. The standard InChI is InChI=1S/C26H17F4N5O3S/c27-15-8-6-14(7-9-15)17-12-19(26(28,29)30)32-25-20(17)21(22(39-25)23(31)36)33-24(37)18-10-11-35(34-18)13-38-16-4-2-1-3-5-16/h1-12H,13H2,(H2,31,36)(H,33,37). The van der Waals surface area contributed by atoms with Gasteiger partial charge in [-0.3, -0.25) is 9.59 Å². The predicted molar refractivity (Wildman–Crippen MR) is 136 cm³/mol. The zero-order valence-electron chi connectivity index (χ0n) is 19.7. The number of para-hydroxylation sites is 1. The molecule has 2 aromatic carbocycles. The number of halogens is 4. The summed E-state index contributed by atoms with van der Waals surface area (Å²) in [5.41, 5.74) is 4.30. The van der Waals surface area contributed by atoms with Gasteiger partial charge >= 0.3 is 6.18 Å². The largest absolute Gasteiger partial charge is 0.471 e. The summed E-state index contributed by atoms with van der Waals surface area (Å²) in [5, 5.41) is 6.76. The first kappa shape index (κ1) is 25.9. The van der Waals surface area contributed by atoms with Gasteiger partial charge in [0.15, 0.2) is 12.4 Å². The third kappa shape index (κ3) is 5.43. The van der Waals surface area contributed by atoms with Crippen LogP contribution in [0.4, 0.5) is 23.2 Å². The highest BCUT2D eigenvalue weighted by Crippen LogP contribution is 2.43. The number of aromatic nitrogens is 3. The van der Waals surface area contributed by atoms with Gasteiger partial charge in [-0.05, 0) is 47.5 Å². The number of primary amides is 1. The summed E-state index contributed by atoms with van der Waals surface area (Å²) in [6.07, 6.45) is -3.31. The number of benzene rings is 2. The highest BCUT2D eigenvalue weighted by molar-refractivity contribution is 7.21. The number of anilines is 1. The summed E-state index contributed by atoms with van der Waals surface area (Å²) in [5.74, 6) is -1.73. The van der Waals surface area contributed by atoms with E-state index < -0.39 is 29.5 Å². The van der Waals surface area contributed by atoms with Crippen molar-refractivity contribution >= 4 is 39.1 Å². The molecule has 0 saturated carbocycles. The number of thiophene rings is 1. The van der Waals surface area contributed by atoms with Crippen molar-refractivity contribution in [2.45, 2.75) is 12.9 Å². The maximum absolute atomic E-state index is 13.6. The van der Waals surface area contributed by atoms with E-state index in [-0.39, 0.29) is 44.3 Å². The Morgan fingerprint density at radius 1 is 1.05 bits per heavy atom. The van der Waals surface area contributed by atoms with Gasteiger partial charge in [0, 0.05) is 11.6 Å². The number of carbonyl (C=O) groups is 2. The Morgan fingerprint density at radius 2 is 1.77 bits per heavy atom. The van der Waals surface area contributed by atoms with Gasteiger partial charge in [0.1, 0.15) is 27.0 Å². The van der Waals surface area contributed by atoms with E-state index in [2.05, 4.69) is 15.4 Å². The third-order valence-corrected chi connectivity index (χ3v) is 6.65. The number of nitrogens with zero attached hydrogens (tertiary/aromatic N) is 3. The van der Waals surface area contributed by atoms with Crippen molar-refractivity contribution in [3.63, 3.8) is 0 Å². The maximum Gasteiger partial charge on any atom is 0.433 e. The minimum absolute atomic E-state index is 0.00403. The fraction of sp³-hybridized carbons (Fsp3) is 0.0769. The van der Waals surface area contributed by atoms with E-state index >= 15 is 0 Å². The van der Waals surface area contributed by atoms with Gasteiger partial charge in [-0.1, -0.05) is 30.3 Å². The van der Waals surface area contributed by atoms with Crippen molar-refractivity contribution in [1.29, 1.82) is 0 Å². The van der Waals surface area contributed by atoms with E-state index in [0.717, 1.165) is 18.2 Å². The molecule has 0 bridgehead atoms. The van der Waals surface area contributed by atoms with Crippen LogP contribution < -0.4 is 15.8 Å². The van der Waals surface area contributed by atoms with Crippen molar-refractivity contribution in [3.05, 3.63) is 95.0 Å². The lowest BCUT2D eigenvalue weighted by molar-refractivity contribution is -0.140. The first-order valence-corrected chi connectivity index (χ1v) is 12.0. The van der Waals surface area contributed by atoms with Crippen LogP contribution in [0.5, 0.6) is 5.75 Å². The topological polar surface area (TPSA) is 112 Å². The summed E-state index contributed by atoms with van der Waals surface area (Å²) in [4.78, 5) is 28.6. The summed E-state index contributed by atoms with van der Waals surface area (Å²) < 4.78 is 61.5. The molecule has 0 unspecified atom stereocenters. The summed E-state index contributed by atoms with van der Waals surface area (Å²) in [6.45, 7) is 0.00403. The van der Waals surface area contributed by atoms with Gasteiger partial charge in [0.05, 0.1) is 5.69 Å². The molecule has 0 fully saturated rings. The zero-order chi connectivity index (χ0) is 27.7. The lowest BCUT2D eigenvalue weighted by Gasteiger charge is -2.12. The van der Waals surface area contributed by atoms with Gasteiger partial charge < -0.3 is 15.8 Å². The number of rotatable bonds is 7. The smallest absolute Gasteiger partial charge is 0.433 e. The molecule has 0 aliphatic heterocycles. The quantitative estimate of drug-likeness (QED) is 0.250. The molecule has 39 heavy (non-hydrogen) atoms. The van der Waals surface area contributed by atoms with Crippen molar-refractivity contribution in [1.82, 2.24) is 14.8 Å². The molecule has 3 N–H and O–H groups in total. The van der Waals surface area contributed by atoms with Crippen LogP contribution in [-0.2, 0) is 12.9 Å². The number of carbonyl (C=O) groups excluding carboxylic acids is 2. The molecule has 0 spiro atoms. The number of hydrogen-bond donors (Lipinski definition) is 2. The molecule has 0 radical (unpaired) electrons. The predicted octanol–water partition coefficient (Wildman–Crippen LogP) is 5.71. The Labute approximate surface area is 221 Å². The number of amides is 2. The number of hydrogen-bond acceptors (Lipinski definition) is 6. The Kier molecular flexibility index (Phi) is 6.74. The van der Waals surface area contributed by atoms with Gasteiger partial charge in [-0.25, -0.2) is 14.1 Å². The van der Waals surface area contributed by atoms with Crippen LogP contribution in [-0.4, -0.2) is 26.6 Å². The molecule has 13 heteroatoms. The molecule has 3 heterocycles. The summed E-state index contributed by atoms with van der Waals surface area (Å²) in [6, 6.07) is 15.8. The molecular formula is C26H17F4N5O3S. The van der Waals surface area contributed by atoms with Gasteiger partial charge in [0.2, 0.25) is 0 Å². The number of alkyl halides is 3. The molecule has 0 atom stereocenters. The zero-order valence-corrected chi connectivity index (χ0v) is 20.5. The van der Waals surface area contributed by atoms with Crippen LogP contribution in [0.15, 0.2) is 72.9 Å². The SMILES string of the molecule is NC(=O)c1sc2nc(C(F)(F)F)cc(-c3ccc(F)cc3)c2c1NC(=O)c1ccn(COc2ccccc2)n1. The van der Waals surface area contributed by atoms with Gasteiger partial charge in [-0.15, -0.1) is 11.3 Å². The monoisotopic (exact) mass is 555 g/mol. The molecule has 2 amide bonds. The van der Waals surface area contributed by atoms with Gasteiger partial charge in [-0.2, -0.15) is 18.3 Å². The van der Waals surface area contributed by atoms with E-state index in [4.69, 9.17) is 10.5 Å². The Balaban J connectivity index is 1.54. The average molecular weight is 556 g/mol. The first-order valence-electron chi connectivity index (χ1n) is 11.2. The fourth-order valence-electron chi connectivity index (χ4n) is 3.78. The summed E-state index contributed by atoms with van der Waals surface area (Å²) >= 11 is 0.602. The van der Waals surface area contributed by atoms with Crippen LogP contribution in [0.1, 0.15) is 25.9 Å². The Morgan fingerprint density at radius 3 is 2.44 bits per heavy atom. The van der Waals surface area contributed by atoms with Crippen LogP contribution in [0.3, 0.4) is 0 Å². The summed E-state index contributed by atoms with van der Waals surface area (Å²) in [7, 11) is 0. The number of fused-ring (bicyclic) bond motifs is 1.